The summed E-state index contributed by atoms with van der Waals surface area (Å²) in [4.78, 5) is 4.83. The Labute approximate surface area is 151 Å². The van der Waals surface area contributed by atoms with E-state index in [0.29, 0.717) is 5.92 Å². The van der Waals surface area contributed by atoms with Crippen LogP contribution < -0.4 is 0 Å². The highest BCUT2D eigenvalue weighted by molar-refractivity contribution is 5.93. The van der Waals surface area contributed by atoms with Gasteiger partial charge in [-0.05, 0) is 68.0 Å². The minimum Gasteiger partial charge on any atom is -0.256 e. The second-order valence-corrected chi connectivity index (χ2v) is 7.15. The normalized spacial score (nSPS) is 17.9. The highest BCUT2D eigenvalue weighted by atomic mass is 14.7. The van der Waals surface area contributed by atoms with Gasteiger partial charge in [0.2, 0.25) is 0 Å². The summed E-state index contributed by atoms with van der Waals surface area (Å²) in [6.45, 7) is 13.3. The second kappa shape index (κ2) is 6.84. The van der Waals surface area contributed by atoms with Crippen LogP contribution in [0.1, 0.15) is 49.9 Å². The molecule has 0 aromatic heterocycles. The third-order valence-electron chi connectivity index (χ3n) is 5.66. The van der Waals surface area contributed by atoms with E-state index in [1.54, 1.807) is 0 Å². The van der Waals surface area contributed by atoms with Gasteiger partial charge >= 0.3 is 0 Å². The van der Waals surface area contributed by atoms with Crippen LogP contribution in [-0.2, 0) is 0 Å². The van der Waals surface area contributed by atoms with Crippen molar-refractivity contribution in [3.05, 3.63) is 81.4 Å². The maximum atomic E-state index is 4.83. The first-order valence-electron chi connectivity index (χ1n) is 9.00. The molecule has 0 spiro atoms. The maximum Gasteiger partial charge on any atom is 0.0688 e. The Morgan fingerprint density at radius 3 is 2.04 bits per heavy atom. The molecule has 2 aromatic rings. The van der Waals surface area contributed by atoms with Gasteiger partial charge in [0, 0.05) is 17.7 Å². The predicted molar refractivity (Wildman–Crippen MR) is 110 cm³/mol. The van der Waals surface area contributed by atoms with E-state index in [9.17, 15) is 0 Å². The Balaban J connectivity index is 2.06. The SMILES string of the molecule is CC1=C(C)C(C)C(c2ccccc2C=Nc2c(C)cccc2C)=C1C. The number of aryl methyl sites for hydroxylation is 2. The van der Waals surface area contributed by atoms with Crippen LogP contribution in [0.2, 0.25) is 0 Å². The zero-order chi connectivity index (χ0) is 18.1. The van der Waals surface area contributed by atoms with E-state index in [0.717, 1.165) is 5.69 Å². The number of benzene rings is 2. The number of hydrogen-bond acceptors (Lipinski definition) is 1. The van der Waals surface area contributed by atoms with Crippen molar-refractivity contribution >= 4 is 17.5 Å². The van der Waals surface area contributed by atoms with E-state index < -0.39 is 0 Å². The number of nitrogens with zero attached hydrogens (tertiary/aromatic N) is 1. The van der Waals surface area contributed by atoms with E-state index >= 15 is 0 Å². The lowest BCUT2D eigenvalue weighted by Crippen LogP contribution is -2.00. The van der Waals surface area contributed by atoms with Crippen LogP contribution in [0, 0.1) is 19.8 Å². The van der Waals surface area contributed by atoms with Crippen LogP contribution >= 0.6 is 0 Å². The summed E-state index contributed by atoms with van der Waals surface area (Å²) in [5.41, 5.74) is 11.8. The summed E-state index contributed by atoms with van der Waals surface area (Å²) in [6.07, 6.45) is 2.03. The molecule has 1 aliphatic carbocycles. The lowest BCUT2D eigenvalue weighted by Gasteiger charge is -2.15. The molecule has 128 valence electrons. The van der Waals surface area contributed by atoms with Crippen LogP contribution in [0.4, 0.5) is 5.69 Å². The molecule has 0 amide bonds. The Morgan fingerprint density at radius 2 is 1.44 bits per heavy atom. The molecule has 1 heteroatoms. The summed E-state index contributed by atoms with van der Waals surface area (Å²) < 4.78 is 0. The Hall–Kier alpha value is -2.41. The largest absolute Gasteiger partial charge is 0.256 e. The lowest BCUT2D eigenvalue weighted by atomic mass is 9.89. The zero-order valence-corrected chi connectivity index (χ0v) is 16.1. The van der Waals surface area contributed by atoms with Crippen molar-refractivity contribution in [2.75, 3.05) is 0 Å². The first-order chi connectivity index (χ1) is 11.9. The topological polar surface area (TPSA) is 12.4 Å². The fourth-order valence-corrected chi connectivity index (χ4v) is 3.80. The molecule has 0 saturated heterocycles. The standard InChI is InChI=1S/C24H27N/c1-15-10-9-11-16(2)24(15)25-14-21-12-7-8-13-22(21)23-19(5)17(3)18(4)20(23)6/h7-14,19H,1-6H3. The fourth-order valence-electron chi connectivity index (χ4n) is 3.80. The van der Waals surface area contributed by atoms with Gasteiger partial charge in [-0.15, -0.1) is 0 Å². The van der Waals surface area contributed by atoms with Crippen LogP contribution in [0.3, 0.4) is 0 Å². The molecular weight excluding hydrogens is 302 g/mol. The molecule has 0 aliphatic heterocycles. The maximum absolute atomic E-state index is 4.83. The first kappa shape index (κ1) is 17.4. The summed E-state index contributed by atoms with van der Waals surface area (Å²) in [5, 5.41) is 0. The molecule has 0 saturated carbocycles. The fraction of sp³-hybridized carbons (Fsp3) is 0.292. The van der Waals surface area contributed by atoms with Crippen molar-refractivity contribution < 1.29 is 0 Å². The van der Waals surface area contributed by atoms with Crippen LogP contribution in [0.5, 0.6) is 0 Å². The van der Waals surface area contributed by atoms with Gasteiger partial charge in [0.05, 0.1) is 5.69 Å². The van der Waals surface area contributed by atoms with E-state index in [4.69, 9.17) is 4.99 Å². The van der Waals surface area contributed by atoms with Gasteiger partial charge < -0.3 is 0 Å². The molecule has 1 atom stereocenters. The minimum atomic E-state index is 0.467. The van der Waals surface area contributed by atoms with Gasteiger partial charge in [-0.2, -0.15) is 0 Å². The molecule has 3 rings (SSSR count). The molecule has 0 heterocycles. The first-order valence-corrected chi connectivity index (χ1v) is 9.00. The number of hydrogen-bond donors (Lipinski definition) is 0. The van der Waals surface area contributed by atoms with Crippen molar-refractivity contribution in [1.29, 1.82) is 0 Å². The van der Waals surface area contributed by atoms with Crippen LogP contribution in [0.25, 0.3) is 5.57 Å². The molecule has 2 aromatic carbocycles. The van der Waals surface area contributed by atoms with Crippen LogP contribution in [0.15, 0.2) is 64.2 Å². The molecule has 1 unspecified atom stereocenters. The minimum absolute atomic E-state index is 0.467. The smallest absolute Gasteiger partial charge is 0.0688 e. The van der Waals surface area contributed by atoms with Gasteiger partial charge in [0.15, 0.2) is 0 Å². The Kier molecular flexibility index (Phi) is 4.76. The van der Waals surface area contributed by atoms with Crippen molar-refractivity contribution in [3.63, 3.8) is 0 Å². The van der Waals surface area contributed by atoms with Crippen molar-refractivity contribution in [2.24, 2.45) is 10.9 Å². The van der Waals surface area contributed by atoms with E-state index in [1.165, 1.54) is 44.5 Å². The van der Waals surface area contributed by atoms with Crippen molar-refractivity contribution in [1.82, 2.24) is 0 Å². The van der Waals surface area contributed by atoms with E-state index in [1.807, 2.05) is 6.21 Å². The number of aliphatic imine (C=N–C) groups is 1. The Morgan fingerprint density at radius 1 is 0.800 bits per heavy atom. The molecule has 0 fully saturated rings. The monoisotopic (exact) mass is 329 g/mol. The third-order valence-corrected chi connectivity index (χ3v) is 5.66. The predicted octanol–water partition coefficient (Wildman–Crippen LogP) is 6.81. The molecule has 0 bridgehead atoms. The third kappa shape index (κ3) is 3.11. The van der Waals surface area contributed by atoms with Gasteiger partial charge in [0.1, 0.15) is 0 Å². The van der Waals surface area contributed by atoms with Crippen LogP contribution in [-0.4, -0.2) is 6.21 Å². The average molecular weight is 329 g/mol. The lowest BCUT2D eigenvalue weighted by molar-refractivity contribution is 0.895. The van der Waals surface area contributed by atoms with E-state index in [-0.39, 0.29) is 0 Å². The molecule has 1 nitrogen and oxygen atoms in total. The Bertz CT molecular complexity index is 889. The number of allylic oxidation sites excluding steroid dienone is 4. The van der Waals surface area contributed by atoms with Crippen molar-refractivity contribution in [2.45, 2.75) is 41.5 Å². The average Bonchev–Trinajstić information content (AvgIpc) is 2.78. The second-order valence-electron chi connectivity index (χ2n) is 7.15. The summed E-state index contributed by atoms with van der Waals surface area (Å²) in [7, 11) is 0. The van der Waals surface area contributed by atoms with Gasteiger partial charge in [-0.1, -0.05) is 55.0 Å². The summed E-state index contributed by atoms with van der Waals surface area (Å²) >= 11 is 0. The zero-order valence-electron chi connectivity index (χ0n) is 16.1. The number of para-hydroxylation sites is 1. The highest BCUT2D eigenvalue weighted by Crippen LogP contribution is 2.43. The molecule has 0 radical (unpaired) electrons. The quantitative estimate of drug-likeness (QED) is 0.548. The molecule has 0 N–H and O–H groups in total. The number of rotatable bonds is 3. The van der Waals surface area contributed by atoms with Gasteiger partial charge in [-0.25, -0.2) is 0 Å². The summed E-state index contributed by atoms with van der Waals surface area (Å²) in [6, 6.07) is 14.9. The molecule has 25 heavy (non-hydrogen) atoms. The van der Waals surface area contributed by atoms with Gasteiger partial charge in [0.25, 0.3) is 0 Å². The molecule has 1 aliphatic rings. The van der Waals surface area contributed by atoms with Gasteiger partial charge in [-0.3, -0.25) is 4.99 Å². The summed E-state index contributed by atoms with van der Waals surface area (Å²) in [5.74, 6) is 0.467. The van der Waals surface area contributed by atoms with Crippen molar-refractivity contribution in [3.8, 4) is 0 Å². The highest BCUT2D eigenvalue weighted by Gasteiger charge is 2.25. The molecular formula is C24H27N. The van der Waals surface area contributed by atoms with E-state index in [2.05, 4.69) is 84.0 Å².